The lowest BCUT2D eigenvalue weighted by Gasteiger charge is -2.19. The molecule has 0 unspecified atom stereocenters. The summed E-state index contributed by atoms with van der Waals surface area (Å²) < 4.78 is 10.9. The Kier molecular flexibility index (Phi) is 7.30. The van der Waals surface area contributed by atoms with Crippen LogP contribution in [0, 0.1) is 0 Å². The lowest BCUT2D eigenvalue weighted by Crippen LogP contribution is -2.23. The van der Waals surface area contributed by atoms with Gasteiger partial charge in [0.2, 0.25) is 0 Å². The van der Waals surface area contributed by atoms with E-state index < -0.39 is 5.60 Å². The summed E-state index contributed by atoms with van der Waals surface area (Å²) in [4.78, 5) is 21.1. The number of ether oxygens (including phenoxy) is 2. The van der Waals surface area contributed by atoms with Gasteiger partial charge in [-0.05, 0) is 63.1 Å². The maximum atomic E-state index is 12.2. The molecule has 0 bridgehead atoms. The van der Waals surface area contributed by atoms with Gasteiger partial charge in [0.05, 0.1) is 17.9 Å². The molecule has 7 nitrogen and oxygen atoms in total. The molecule has 0 radical (unpaired) electrons. The van der Waals surface area contributed by atoms with Crippen LogP contribution >= 0.6 is 0 Å². The number of rotatable bonds is 8. The van der Waals surface area contributed by atoms with Gasteiger partial charge in [-0.3, -0.25) is 0 Å². The fourth-order valence-corrected chi connectivity index (χ4v) is 2.96. The third kappa shape index (κ3) is 6.97. The Balaban J connectivity index is 1.72. The number of hydrogen-bond donors (Lipinski definition) is 2. The minimum Gasteiger partial charge on any atom is -0.508 e. The molecule has 0 spiro atoms. The molecule has 0 saturated heterocycles. The second-order valence-corrected chi connectivity index (χ2v) is 8.36. The van der Waals surface area contributed by atoms with Gasteiger partial charge < -0.3 is 19.9 Å². The van der Waals surface area contributed by atoms with Gasteiger partial charge in [-0.1, -0.05) is 24.3 Å². The van der Waals surface area contributed by atoms with Crippen molar-refractivity contribution in [2.75, 3.05) is 11.9 Å². The molecular formula is C25H29N3O4. The average molecular weight is 436 g/mol. The Bertz CT molecular complexity index is 1040. The van der Waals surface area contributed by atoms with Gasteiger partial charge >= 0.3 is 12.0 Å². The number of carbonyl (C=O) groups excluding carboxylic acids is 1. The molecule has 168 valence electrons. The van der Waals surface area contributed by atoms with Crippen LogP contribution in [0.3, 0.4) is 0 Å². The fraction of sp³-hybridized carbons (Fsp3) is 0.320. The number of benzene rings is 2. The van der Waals surface area contributed by atoms with E-state index in [-0.39, 0.29) is 11.7 Å². The highest BCUT2D eigenvalue weighted by Crippen LogP contribution is 2.19. The van der Waals surface area contributed by atoms with Gasteiger partial charge in [-0.15, -0.1) is 0 Å². The molecule has 7 heteroatoms. The smallest absolute Gasteiger partial charge is 0.338 e. The number of anilines is 1. The lowest BCUT2D eigenvalue weighted by atomic mass is 10.1. The highest BCUT2D eigenvalue weighted by atomic mass is 16.6. The van der Waals surface area contributed by atoms with Crippen molar-refractivity contribution < 1.29 is 19.4 Å². The van der Waals surface area contributed by atoms with E-state index in [4.69, 9.17) is 9.47 Å². The van der Waals surface area contributed by atoms with Crippen molar-refractivity contribution >= 4 is 11.8 Å². The maximum Gasteiger partial charge on any atom is 0.338 e. The maximum absolute atomic E-state index is 12.2. The van der Waals surface area contributed by atoms with E-state index in [9.17, 15) is 9.90 Å². The van der Waals surface area contributed by atoms with Gasteiger partial charge in [-0.25, -0.2) is 4.79 Å². The summed E-state index contributed by atoms with van der Waals surface area (Å²) in [5.74, 6) is 0.539. The van der Waals surface area contributed by atoms with E-state index in [0.717, 1.165) is 16.8 Å². The second kappa shape index (κ2) is 10.1. The summed E-state index contributed by atoms with van der Waals surface area (Å²) in [6.45, 7) is 8.43. The highest BCUT2D eigenvalue weighted by molar-refractivity contribution is 5.89. The molecule has 1 heterocycles. The first kappa shape index (κ1) is 23.1. The van der Waals surface area contributed by atoms with Crippen LogP contribution in [0.4, 0.5) is 5.82 Å². The van der Waals surface area contributed by atoms with Crippen LogP contribution in [0.1, 0.15) is 54.9 Å². The molecule has 0 aliphatic carbocycles. The summed E-state index contributed by atoms with van der Waals surface area (Å²) in [5, 5.41) is 12.7. The molecule has 0 fully saturated rings. The summed E-state index contributed by atoms with van der Waals surface area (Å²) in [5.41, 5.74) is 2.79. The monoisotopic (exact) mass is 435 g/mol. The number of nitrogens with zero attached hydrogens (tertiary/aromatic N) is 2. The van der Waals surface area contributed by atoms with E-state index >= 15 is 0 Å². The minimum atomic E-state index is -0.532. The second-order valence-electron chi connectivity index (χ2n) is 8.36. The van der Waals surface area contributed by atoms with Crippen molar-refractivity contribution in [2.45, 2.75) is 46.3 Å². The first-order chi connectivity index (χ1) is 15.2. The third-order valence-electron chi connectivity index (χ3n) is 4.42. The van der Waals surface area contributed by atoms with Crippen molar-refractivity contribution in [1.82, 2.24) is 9.97 Å². The molecule has 0 amide bonds. The molecule has 3 rings (SSSR count). The molecule has 1 aromatic heterocycles. The molecular weight excluding hydrogens is 406 g/mol. The molecule has 32 heavy (non-hydrogen) atoms. The number of aromatic hydroxyl groups is 1. The van der Waals surface area contributed by atoms with Crippen LogP contribution in [-0.2, 0) is 17.7 Å². The minimum absolute atomic E-state index is 0.231. The standard InChI is InChI=1S/C25H29N3O4/c1-5-31-24-27-20(15-22(28-24)26-16-18-8-12-21(29)13-9-18)14-17-6-10-19(11-7-17)23(30)32-25(2,3)4/h6-13,15,29H,5,14,16H2,1-4H3,(H,26,27,28). The largest absolute Gasteiger partial charge is 0.508 e. The van der Waals surface area contributed by atoms with E-state index in [1.807, 2.05) is 58.0 Å². The van der Waals surface area contributed by atoms with Crippen LogP contribution in [0.5, 0.6) is 11.8 Å². The number of hydrogen-bond acceptors (Lipinski definition) is 7. The number of phenols is 1. The van der Waals surface area contributed by atoms with Crippen molar-refractivity contribution in [3.05, 3.63) is 77.0 Å². The van der Waals surface area contributed by atoms with Crippen molar-refractivity contribution in [3.63, 3.8) is 0 Å². The molecule has 3 aromatic rings. The van der Waals surface area contributed by atoms with Gasteiger partial charge in [0.25, 0.3) is 0 Å². The predicted octanol–water partition coefficient (Wildman–Crippen LogP) is 4.74. The summed E-state index contributed by atoms with van der Waals surface area (Å²) in [6, 6.07) is 16.5. The zero-order valence-electron chi connectivity index (χ0n) is 18.9. The fourth-order valence-electron chi connectivity index (χ4n) is 2.96. The van der Waals surface area contributed by atoms with E-state index in [2.05, 4.69) is 15.3 Å². The summed E-state index contributed by atoms with van der Waals surface area (Å²) >= 11 is 0. The van der Waals surface area contributed by atoms with Crippen molar-refractivity contribution in [1.29, 1.82) is 0 Å². The quantitative estimate of drug-likeness (QED) is 0.494. The Morgan fingerprint density at radius 2 is 1.66 bits per heavy atom. The van der Waals surface area contributed by atoms with Gasteiger partial charge in [0, 0.05) is 19.0 Å². The Labute approximate surface area is 188 Å². The van der Waals surface area contributed by atoms with Crippen LogP contribution in [0.2, 0.25) is 0 Å². The predicted molar refractivity (Wildman–Crippen MR) is 123 cm³/mol. The van der Waals surface area contributed by atoms with Gasteiger partial charge in [-0.2, -0.15) is 9.97 Å². The van der Waals surface area contributed by atoms with Gasteiger partial charge in [0.1, 0.15) is 17.2 Å². The molecule has 0 aliphatic heterocycles. The Morgan fingerprint density at radius 1 is 1.00 bits per heavy atom. The summed E-state index contributed by atoms with van der Waals surface area (Å²) in [6.07, 6.45) is 0.561. The van der Waals surface area contributed by atoms with Gasteiger partial charge in [0.15, 0.2) is 0 Å². The van der Waals surface area contributed by atoms with Crippen molar-refractivity contribution in [3.8, 4) is 11.8 Å². The highest BCUT2D eigenvalue weighted by Gasteiger charge is 2.17. The number of carbonyl (C=O) groups is 1. The lowest BCUT2D eigenvalue weighted by molar-refractivity contribution is 0.00695. The molecule has 0 aliphatic rings. The van der Waals surface area contributed by atoms with Crippen LogP contribution in [0.25, 0.3) is 0 Å². The Hall–Kier alpha value is -3.61. The zero-order valence-corrected chi connectivity index (χ0v) is 18.9. The first-order valence-corrected chi connectivity index (χ1v) is 10.6. The molecule has 0 saturated carbocycles. The van der Waals surface area contributed by atoms with E-state index in [1.54, 1.807) is 24.3 Å². The van der Waals surface area contributed by atoms with Crippen LogP contribution in [-0.4, -0.2) is 33.3 Å². The normalized spacial score (nSPS) is 11.1. The third-order valence-corrected chi connectivity index (χ3v) is 4.42. The number of phenolic OH excluding ortho intramolecular Hbond substituents is 1. The molecule has 2 N–H and O–H groups in total. The Morgan fingerprint density at radius 3 is 2.28 bits per heavy atom. The van der Waals surface area contributed by atoms with Crippen molar-refractivity contribution in [2.24, 2.45) is 0 Å². The first-order valence-electron chi connectivity index (χ1n) is 10.6. The van der Waals surface area contributed by atoms with E-state index in [0.29, 0.717) is 37.0 Å². The van der Waals surface area contributed by atoms with E-state index in [1.165, 1.54) is 0 Å². The molecule has 2 aromatic carbocycles. The molecule has 0 atom stereocenters. The number of aromatic nitrogens is 2. The zero-order chi connectivity index (χ0) is 23.1. The number of nitrogens with one attached hydrogen (secondary N) is 1. The van der Waals surface area contributed by atoms with Crippen LogP contribution in [0.15, 0.2) is 54.6 Å². The topological polar surface area (TPSA) is 93.6 Å². The SMILES string of the molecule is CCOc1nc(Cc2ccc(C(=O)OC(C)(C)C)cc2)cc(NCc2ccc(O)cc2)n1. The average Bonchev–Trinajstić information content (AvgIpc) is 2.73. The number of esters is 1. The summed E-state index contributed by atoms with van der Waals surface area (Å²) in [7, 11) is 0. The van der Waals surface area contributed by atoms with Crippen LogP contribution < -0.4 is 10.1 Å².